The van der Waals surface area contributed by atoms with Gasteiger partial charge in [-0.3, -0.25) is 19.3 Å². The standard InChI is InChI=1S/C53H52N6O11/c1-66-30-31-69-52(65)58-42-22-17-34(10-9-23-55-51(54)64)32-41(42)53(50(58)63)43(48(61)56-38-18-20-39(21-19-38)57-24-27-67-28-25-57)45-49(62)70-46(36-13-6-3-7-14-36)44(35-11-4-2-5-12-35)59(45)47(53)37-15-8-16-40(33-37)68-29-26-60/h2-8,11-22,32-33,43-47,60H,23-31H2,1H3,(H,56,61)(H3,54,55,64)/t43-,44-,45-,46+,47+,53-/m1/s1. The van der Waals surface area contributed by atoms with Crippen LogP contribution in [0.4, 0.5) is 26.7 Å². The highest BCUT2D eigenvalue weighted by Gasteiger charge is 2.76. The van der Waals surface area contributed by atoms with Gasteiger partial charge < -0.3 is 50.1 Å². The maximum absolute atomic E-state index is 16.4. The summed E-state index contributed by atoms with van der Waals surface area (Å²) in [7, 11) is 1.45. The molecule has 4 aliphatic heterocycles. The molecule has 17 nitrogen and oxygen atoms in total. The molecule has 0 bridgehead atoms. The Bertz CT molecular complexity index is 2800. The van der Waals surface area contributed by atoms with E-state index in [1.54, 1.807) is 54.6 Å². The van der Waals surface area contributed by atoms with Gasteiger partial charge in [0.2, 0.25) is 11.8 Å². The van der Waals surface area contributed by atoms with E-state index in [-0.39, 0.29) is 44.2 Å². The third kappa shape index (κ3) is 9.01. The summed E-state index contributed by atoms with van der Waals surface area (Å²) in [5, 5.41) is 15.3. The fourth-order valence-electron chi connectivity index (χ4n) is 10.3. The fourth-order valence-corrected chi connectivity index (χ4v) is 10.3. The Labute approximate surface area is 404 Å². The van der Waals surface area contributed by atoms with Crippen molar-refractivity contribution in [1.29, 1.82) is 0 Å². The number of carbonyl (C=O) groups excluding carboxylic acids is 5. The minimum absolute atomic E-state index is 0.0274. The lowest BCUT2D eigenvalue weighted by atomic mass is 9.65. The SMILES string of the molecule is COCCOC(=O)N1C(=O)[C@@]2(c3cc(C#CCNC(N)=O)ccc31)[C@H](c1cccc(OCCO)c1)N1[C@H](c3ccccc3)[C@H](c3ccccc3)OC(=O)[C@H]1[C@@H]2C(=O)Nc1ccc(N2CCOCC2)cc1. The summed E-state index contributed by atoms with van der Waals surface area (Å²) in [5.41, 5.74) is 6.99. The third-order valence-corrected chi connectivity index (χ3v) is 13.1. The monoisotopic (exact) mass is 948 g/mol. The van der Waals surface area contributed by atoms with Crippen molar-refractivity contribution in [2.24, 2.45) is 11.7 Å². The van der Waals surface area contributed by atoms with Gasteiger partial charge in [-0.1, -0.05) is 84.6 Å². The van der Waals surface area contributed by atoms with E-state index in [1.165, 1.54) is 7.11 Å². The number of esters is 1. The fraction of sp³-hybridized carbons (Fsp3) is 0.302. The first-order valence-corrected chi connectivity index (χ1v) is 23.0. The summed E-state index contributed by atoms with van der Waals surface area (Å²) in [5.74, 6) is 2.31. The molecule has 0 aliphatic carbocycles. The van der Waals surface area contributed by atoms with Gasteiger partial charge in [-0.2, -0.15) is 0 Å². The molecule has 3 fully saturated rings. The molecule has 5 aromatic carbocycles. The largest absolute Gasteiger partial charge is 0.491 e. The molecule has 17 heteroatoms. The highest BCUT2D eigenvalue weighted by atomic mass is 16.6. The van der Waals surface area contributed by atoms with Crippen molar-refractivity contribution in [3.63, 3.8) is 0 Å². The van der Waals surface area contributed by atoms with E-state index in [0.29, 0.717) is 60.0 Å². The molecule has 0 aromatic heterocycles. The van der Waals surface area contributed by atoms with Gasteiger partial charge in [-0.15, -0.1) is 0 Å². The molecule has 0 radical (unpaired) electrons. The first-order chi connectivity index (χ1) is 34.1. The number of morpholine rings is 2. The number of methoxy groups -OCH3 is 1. The number of hydrogen-bond acceptors (Lipinski definition) is 13. The Morgan fingerprint density at radius 3 is 2.24 bits per heavy atom. The normalized spacial score (nSPS) is 22.6. The molecule has 4 aliphatic rings. The molecule has 5 amide bonds. The number of nitrogens with two attached hydrogens (primary N) is 1. The maximum atomic E-state index is 16.4. The molecule has 9 rings (SSSR count). The van der Waals surface area contributed by atoms with E-state index in [1.807, 2.05) is 77.7 Å². The summed E-state index contributed by atoms with van der Waals surface area (Å²) in [4.78, 5) is 78.9. The van der Waals surface area contributed by atoms with Crippen LogP contribution in [-0.2, 0) is 38.7 Å². The molecular weight excluding hydrogens is 897 g/mol. The van der Waals surface area contributed by atoms with Crippen LogP contribution in [0, 0.1) is 17.8 Å². The first-order valence-electron chi connectivity index (χ1n) is 23.0. The van der Waals surface area contributed by atoms with Crippen LogP contribution in [0.2, 0.25) is 0 Å². The number of aliphatic hydroxyl groups is 1. The second kappa shape index (κ2) is 20.9. The van der Waals surface area contributed by atoms with Crippen LogP contribution in [0.15, 0.2) is 127 Å². The van der Waals surface area contributed by atoms with Gasteiger partial charge in [-0.05, 0) is 76.9 Å². The number of aliphatic hydroxyl groups excluding tert-OH is 1. The highest BCUT2D eigenvalue weighted by molar-refractivity contribution is 6.24. The number of carbonyl (C=O) groups is 5. The zero-order valence-corrected chi connectivity index (χ0v) is 38.3. The minimum atomic E-state index is -2.13. The van der Waals surface area contributed by atoms with Gasteiger partial charge in [0.05, 0.1) is 56.7 Å². The van der Waals surface area contributed by atoms with Crippen LogP contribution in [-0.4, -0.2) is 112 Å². The average molecular weight is 949 g/mol. The van der Waals surface area contributed by atoms with Crippen LogP contribution in [0.3, 0.4) is 0 Å². The number of urea groups is 1. The van der Waals surface area contributed by atoms with Crippen molar-refractivity contribution in [3.05, 3.63) is 155 Å². The van der Waals surface area contributed by atoms with Crippen molar-refractivity contribution in [2.75, 3.05) is 81.5 Å². The summed E-state index contributed by atoms with van der Waals surface area (Å²) >= 11 is 0. The lowest BCUT2D eigenvalue weighted by Crippen LogP contribution is -2.54. The minimum Gasteiger partial charge on any atom is -0.491 e. The quantitative estimate of drug-likeness (QED) is 0.0697. The number of benzene rings is 5. The maximum Gasteiger partial charge on any atom is 0.421 e. The number of ether oxygens (including phenoxy) is 5. The second-order valence-corrected chi connectivity index (χ2v) is 17.0. The van der Waals surface area contributed by atoms with Crippen LogP contribution in [0.1, 0.15) is 46.0 Å². The molecule has 5 N–H and O–H groups in total. The lowest BCUT2D eigenvalue weighted by Gasteiger charge is -2.46. The van der Waals surface area contributed by atoms with Gasteiger partial charge in [0, 0.05) is 37.1 Å². The van der Waals surface area contributed by atoms with Gasteiger partial charge in [0.1, 0.15) is 36.5 Å². The summed E-state index contributed by atoms with van der Waals surface area (Å²) in [6.45, 7) is 1.92. The zero-order valence-electron chi connectivity index (χ0n) is 38.3. The van der Waals surface area contributed by atoms with Gasteiger partial charge >= 0.3 is 18.1 Å². The zero-order chi connectivity index (χ0) is 48.8. The number of anilines is 3. The highest BCUT2D eigenvalue weighted by Crippen LogP contribution is 2.66. The molecular formula is C53H52N6O11. The van der Waals surface area contributed by atoms with E-state index in [4.69, 9.17) is 29.4 Å². The number of hydrogen-bond donors (Lipinski definition) is 4. The van der Waals surface area contributed by atoms with Crippen molar-refractivity contribution in [3.8, 4) is 17.6 Å². The number of nitrogens with zero attached hydrogens (tertiary/aromatic N) is 3. The van der Waals surface area contributed by atoms with Crippen LogP contribution >= 0.6 is 0 Å². The molecule has 0 unspecified atom stereocenters. The first kappa shape index (κ1) is 47.3. The van der Waals surface area contributed by atoms with Gasteiger partial charge in [0.25, 0.3) is 0 Å². The van der Waals surface area contributed by atoms with E-state index in [2.05, 4.69) is 27.4 Å². The van der Waals surface area contributed by atoms with E-state index in [0.717, 1.165) is 10.6 Å². The molecule has 6 atom stereocenters. The summed E-state index contributed by atoms with van der Waals surface area (Å²) in [6, 6.07) is 33.3. The van der Waals surface area contributed by atoms with Gasteiger partial charge in [0.15, 0.2) is 0 Å². The number of imide groups is 1. The number of cyclic esters (lactones) is 1. The molecule has 360 valence electrons. The van der Waals surface area contributed by atoms with Crippen molar-refractivity contribution >= 4 is 47.0 Å². The number of fused-ring (bicyclic) bond motifs is 3. The topological polar surface area (TPSA) is 212 Å². The Hall–Kier alpha value is -7.75. The Balaban J connectivity index is 1.32. The lowest BCUT2D eigenvalue weighted by molar-refractivity contribution is -0.177. The summed E-state index contributed by atoms with van der Waals surface area (Å²) < 4.78 is 29.0. The Morgan fingerprint density at radius 2 is 1.54 bits per heavy atom. The van der Waals surface area contributed by atoms with E-state index in [9.17, 15) is 14.7 Å². The van der Waals surface area contributed by atoms with Crippen LogP contribution < -0.4 is 30.9 Å². The number of amides is 5. The molecule has 1 spiro atoms. The number of rotatable bonds is 13. The molecule has 5 aromatic rings. The predicted octanol–water partition coefficient (Wildman–Crippen LogP) is 5.00. The third-order valence-electron chi connectivity index (χ3n) is 13.1. The predicted molar refractivity (Wildman–Crippen MR) is 257 cm³/mol. The second-order valence-electron chi connectivity index (χ2n) is 17.0. The van der Waals surface area contributed by atoms with Crippen LogP contribution in [0.5, 0.6) is 5.75 Å². The van der Waals surface area contributed by atoms with Crippen molar-refractivity contribution in [2.45, 2.75) is 29.6 Å². The number of primary amides is 1. The van der Waals surface area contributed by atoms with Crippen molar-refractivity contribution in [1.82, 2.24) is 10.2 Å². The van der Waals surface area contributed by atoms with Crippen molar-refractivity contribution < 1.29 is 52.8 Å². The Morgan fingerprint density at radius 1 is 0.829 bits per heavy atom. The van der Waals surface area contributed by atoms with Crippen LogP contribution in [0.25, 0.3) is 0 Å². The summed E-state index contributed by atoms with van der Waals surface area (Å²) in [6.07, 6.45) is -1.99. The van der Waals surface area contributed by atoms with E-state index < -0.39 is 65.5 Å². The smallest absolute Gasteiger partial charge is 0.421 e. The van der Waals surface area contributed by atoms with Gasteiger partial charge in [-0.25, -0.2) is 14.5 Å². The number of nitrogens with one attached hydrogen (secondary N) is 2. The average Bonchev–Trinajstić information content (AvgIpc) is 3.84. The Kier molecular flexibility index (Phi) is 14.1. The molecule has 4 heterocycles. The molecule has 0 saturated carbocycles. The molecule has 3 saturated heterocycles. The van der Waals surface area contributed by atoms with E-state index >= 15 is 14.4 Å². The molecule has 70 heavy (non-hydrogen) atoms.